The van der Waals surface area contributed by atoms with Crippen molar-refractivity contribution in [3.63, 3.8) is 0 Å². The highest BCUT2D eigenvalue weighted by molar-refractivity contribution is 7.89. The number of amides is 1. The predicted molar refractivity (Wildman–Crippen MR) is 144 cm³/mol. The van der Waals surface area contributed by atoms with E-state index in [9.17, 15) is 13.2 Å². The number of hydrogen-bond donors (Lipinski definition) is 1. The Morgan fingerprint density at radius 1 is 0.811 bits per heavy atom. The molecule has 7 heteroatoms. The first-order chi connectivity index (χ1) is 17.9. The smallest absolute Gasteiger partial charge is 0.241 e. The lowest BCUT2D eigenvalue weighted by molar-refractivity contribution is -0.131. The molecule has 1 saturated heterocycles. The number of hydrogen-bond acceptors (Lipinski definition) is 4. The average molecular weight is 513 g/mol. The van der Waals surface area contributed by atoms with Crippen LogP contribution in [-0.2, 0) is 14.8 Å². The monoisotopic (exact) mass is 512 g/mol. The summed E-state index contributed by atoms with van der Waals surface area (Å²) in [6.45, 7) is 1.90. The maximum atomic E-state index is 13.8. The number of ether oxygens (including phenoxy) is 1. The number of carbonyl (C=O) groups excluding carboxylic acids is 1. The summed E-state index contributed by atoms with van der Waals surface area (Å²) in [7, 11) is -2.31. The van der Waals surface area contributed by atoms with Gasteiger partial charge in [0.25, 0.3) is 0 Å². The molecular weight excluding hydrogens is 484 g/mol. The molecule has 0 aliphatic carbocycles. The van der Waals surface area contributed by atoms with Crippen LogP contribution in [0.15, 0.2) is 114 Å². The van der Waals surface area contributed by atoms with Gasteiger partial charge in [-0.15, -0.1) is 0 Å². The number of anilines is 1. The topological polar surface area (TPSA) is 75.7 Å². The second-order valence-electron chi connectivity index (χ2n) is 9.11. The van der Waals surface area contributed by atoms with E-state index in [1.165, 1.54) is 0 Å². The van der Waals surface area contributed by atoms with Crippen LogP contribution in [0.3, 0.4) is 0 Å². The molecule has 37 heavy (non-hydrogen) atoms. The van der Waals surface area contributed by atoms with Crippen molar-refractivity contribution in [2.75, 3.05) is 12.0 Å². The number of aryl methyl sites for hydroxylation is 1. The molecular formula is C30H28N2O4S. The largest absolute Gasteiger partial charge is 0.497 e. The van der Waals surface area contributed by atoms with Crippen LogP contribution in [0, 0.1) is 12.8 Å². The highest BCUT2D eigenvalue weighted by Gasteiger charge is 2.53. The van der Waals surface area contributed by atoms with Crippen LogP contribution in [0.2, 0.25) is 0 Å². The molecule has 4 aromatic rings. The van der Waals surface area contributed by atoms with Gasteiger partial charge in [0.2, 0.25) is 15.9 Å². The summed E-state index contributed by atoms with van der Waals surface area (Å²) in [5, 5.41) is 0. The maximum Gasteiger partial charge on any atom is 0.241 e. The Bertz CT molecular complexity index is 1470. The Kier molecular flexibility index (Phi) is 6.82. The Balaban J connectivity index is 1.57. The third-order valence-corrected chi connectivity index (χ3v) is 8.22. The van der Waals surface area contributed by atoms with Crippen molar-refractivity contribution in [2.45, 2.75) is 23.9 Å². The molecule has 188 valence electrons. The highest BCUT2D eigenvalue weighted by Crippen LogP contribution is 2.49. The van der Waals surface area contributed by atoms with Gasteiger partial charge in [0.05, 0.1) is 30.0 Å². The number of nitrogens with zero attached hydrogens (tertiary/aromatic N) is 1. The predicted octanol–water partition coefficient (Wildman–Crippen LogP) is 5.43. The summed E-state index contributed by atoms with van der Waals surface area (Å²) >= 11 is 0. The molecule has 1 N–H and O–H groups in total. The van der Waals surface area contributed by atoms with Gasteiger partial charge >= 0.3 is 0 Å². The van der Waals surface area contributed by atoms with Crippen LogP contribution in [-0.4, -0.2) is 21.4 Å². The van der Waals surface area contributed by atoms with Crippen LogP contribution in [0.5, 0.6) is 5.75 Å². The highest BCUT2D eigenvalue weighted by atomic mass is 32.2. The molecule has 0 saturated carbocycles. The number of nitrogens with one attached hydrogen (secondary N) is 1. The Morgan fingerprint density at radius 3 is 2.00 bits per heavy atom. The van der Waals surface area contributed by atoms with Crippen LogP contribution >= 0.6 is 0 Å². The van der Waals surface area contributed by atoms with Crippen molar-refractivity contribution in [2.24, 2.45) is 5.92 Å². The third-order valence-electron chi connectivity index (χ3n) is 6.76. The minimum atomic E-state index is -3.90. The number of methoxy groups -OCH3 is 1. The summed E-state index contributed by atoms with van der Waals surface area (Å²) in [6, 6.07) is 31.9. The summed E-state index contributed by atoms with van der Waals surface area (Å²) in [5.41, 5.74) is 3.35. The van der Waals surface area contributed by atoms with E-state index in [2.05, 4.69) is 4.72 Å². The second-order valence-corrected chi connectivity index (χ2v) is 10.8. The van der Waals surface area contributed by atoms with Crippen LogP contribution < -0.4 is 14.4 Å². The van der Waals surface area contributed by atoms with Gasteiger partial charge < -0.3 is 9.64 Å². The molecule has 4 aromatic carbocycles. The zero-order valence-corrected chi connectivity index (χ0v) is 21.4. The number of β-lactam (4-membered cyclic amide) rings is 1. The van der Waals surface area contributed by atoms with Crippen molar-refractivity contribution < 1.29 is 17.9 Å². The Hall–Kier alpha value is -3.94. The lowest BCUT2D eigenvalue weighted by Crippen LogP contribution is -2.59. The minimum Gasteiger partial charge on any atom is -0.497 e. The van der Waals surface area contributed by atoms with E-state index < -0.39 is 22.0 Å². The summed E-state index contributed by atoms with van der Waals surface area (Å²) in [4.78, 5) is 15.7. The fourth-order valence-electron chi connectivity index (χ4n) is 4.84. The fourth-order valence-corrected chi connectivity index (χ4v) is 6.08. The van der Waals surface area contributed by atoms with E-state index in [4.69, 9.17) is 4.74 Å². The van der Waals surface area contributed by atoms with Crippen LogP contribution in [0.1, 0.15) is 28.8 Å². The van der Waals surface area contributed by atoms with Crippen molar-refractivity contribution in [3.8, 4) is 5.75 Å². The minimum absolute atomic E-state index is 0.153. The fraction of sp³-hybridized carbons (Fsp3) is 0.167. The van der Waals surface area contributed by atoms with Gasteiger partial charge in [-0.3, -0.25) is 4.79 Å². The lowest BCUT2D eigenvalue weighted by Gasteiger charge is -2.50. The van der Waals surface area contributed by atoms with E-state index in [-0.39, 0.29) is 16.8 Å². The number of sulfonamides is 1. The molecule has 6 nitrogen and oxygen atoms in total. The number of carbonyl (C=O) groups is 1. The van der Waals surface area contributed by atoms with Gasteiger partial charge in [-0.05, 0) is 54.4 Å². The van der Waals surface area contributed by atoms with Crippen molar-refractivity contribution >= 4 is 21.6 Å². The van der Waals surface area contributed by atoms with Gasteiger partial charge in [-0.2, -0.15) is 0 Å². The molecule has 0 bridgehead atoms. The maximum absolute atomic E-state index is 13.8. The Labute approximate surface area is 217 Å². The SMILES string of the molecule is COc1ccc(N2C(=O)[C@@H](C(NS(=O)(=O)c3ccc(C)cc3)c3ccccc3)[C@@H]2c2ccccc2)cc1. The van der Waals surface area contributed by atoms with Gasteiger partial charge in [0.1, 0.15) is 5.75 Å². The van der Waals surface area contributed by atoms with E-state index in [1.807, 2.05) is 91.9 Å². The van der Waals surface area contributed by atoms with E-state index in [1.54, 1.807) is 36.3 Å². The molecule has 0 spiro atoms. The van der Waals surface area contributed by atoms with E-state index >= 15 is 0 Å². The molecule has 5 rings (SSSR count). The zero-order chi connectivity index (χ0) is 26.0. The molecule has 1 aliphatic heterocycles. The summed E-state index contributed by atoms with van der Waals surface area (Å²) < 4.78 is 35.1. The van der Waals surface area contributed by atoms with Crippen molar-refractivity contribution in [1.29, 1.82) is 0 Å². The van der Waals surface area contributed by atoms with Gasteiger partial charge in [-0.1, -0.05) is 78.4 Å². The van der Waals surface area contributed by atoms with Gasteiger partial charge in [0.15, 0.2) is 0 Å². The van der Waals surface area contributed by atoms with Gasteiger partial charge in [0, 0.05) is 5.69 Å². The quantitative estimate of drug-likeness (QED) is 0.320. The molecule has 1 heterocycles. The van der Waals surface area contributed by atoms with E-state index in [0.717, 1.165) is 22.4 Å². The molecule has 1 unspecified atom stereocenters. The van der Waals surface area contributed by atoms with Crippen molar-refractivity contribution in [3.05, 3.63) is 126 Å². The number of benzene rings is 4. The van der Waals surface area contributed by atoms with Crippen LogP contribution in [0.4, 0.5) is 5.69 Å². The first kappa shape index (κ1) is 24.7. The molecule has 1 aliphatic rings. The molecule has 1 amide bonds. The molecule has 1 fully saturated rings. The molecule has 3 atom stereocenters. The molecule has 0 radical (unpaired) electrons. The van der Waals surface area contributed by atoms with Gasteiger partial charge in [-0.25, -0.2) is 13.1 Å². The van der Waals surface area contributed by atoms with Crippen LogP contribution in [0.25, 0.3) is 0 Å². The number of rotatable bonds is 8. The summed E-state index contributed by atoms with van der Waals surface area (Å²) in [5.74, 6) is -0.107. The first-order valence-electron chi connectivity index (χ1n) is 12.0. The first-order valence-corrected chi connectivity index (χ1v) is 13.5. The lowest BCUT2D eigenvalue weighted by atomic mass is 9.75. The normalized spacial score (nSPS) is 18.2. The van der Waals surface area contributed by atoms with E-state index in [0.29, 0.717) is 5.75 Å². The Morgan fingerprint density at radius 2 is 1.41 bits per heavy atom. The molecule has 0 aromatic heterocycles. The third kappa shape index (κ3) is 4.88. The summed E-state index contributed by atoms with van der Waals surface area (Å²) in [6.07, 6.45) is 0. The average Bonchev–Trinajstić information content (AvgIpc) is 2.92. The zero-order valence-electron chi connectivity index (χ0n) is 20.6. The second kappa shape index (κ2) is 10.2. The standard InChI is InChI=1S/C30H28N2O4S/c1-21-13-19-26(20-14-21)37(34,35)31-28(22-9-5-3-6-10-22)27-29(23-11-7-4-8-12-23)32(30(27)33)24-15-17-25(36-2)18-16-24/h3-20,27-29,31H,1-2H3/t27-,28?,29-/m0/s1. The van der Waals surface area contributed by atoms with Crippen molar-refractivity contribution in [1.82, 2.24) is 4.72 Å².